The van der Waals surface area contributed by atoms with Crippen molar-refractivity contribution in [2.24, 2.45) is 0 Å². The predicted molar refractivity (Wildman–Crippen MR) is 96.3 cm³/mol. The van der Waals surface area contributed by atoms with Gasteiger partial charge in [0.05, 0.1) is 6.04 Å². The Morgan fingerprint density at radius 1 is 1.30 bits per heavy atom. The number of hydrogen-bond donors (Lipinski definition) is 1. The first-order valence-electron chi connectivity index (χ1n) is 7.84. The van der Waals surface area contributed by atoms with Crippen LogP contribution in [0.5, 0.6) is 5.75 Å². The van der Waals surface area contributed by atoms with E-state index in [1.807, 2.05) is 44.3 Å². The summed E-state index contributed by atoms with van der Waals surface area (Å²) in [5.74, 6) is 2.54. The molecule has 1 aliphatic heterocycles. The maximum absolute atomic E-state index is 5.96. The van der Waals surface area contributed by atoms with Gasteiger partial charge in [-0.3, -0.25) is 0 Å². The highest BCUT2D eigenvalue weighted by molar-refractivity contribution is 9.10. The molecule has 0 bridgehead atoms. The third-order valence-corrected chi connectivity index (χ3v) is 4.52. The molecule has 6 heteroatoms. The molecule has 1 N–H and O–H groups in total. The van der Waals surface area contributed by atoms with Crippen LogP contribution >= 0.6 is 15.9 Å². The Balaban J connectivity index is 1.70. The molecular formula is C17H21BrN4O. The molecule has 122 valence electrons. The molecule has 0 saturated carbocycles. The minimum absolute atomic E-state index is 0.345. The number of anilines is 2. The number of nitrogens with one attached hydrogen (secondary N) is 1. The smallest absolute Gasteiger partial charge is 0.224 e. The van der Waals surface area contributed by atoms with Crippen LogP contribution in [0, 0.1) is 6.92 Å². The fourth-order valence-corrected chi connectivity index (χ4v) is 3.11. The molecule has 3 rings (SSSR count). The number of ether oxygens (including phenoxy) is 1. The number of nitrogens with zero attached hydrogens (tertiary/aromatic N) is 3. The first kappa shape index (κ1) is 16.1. The van der Waals surface area contributed by atoms with Crippen LogP contribution in [0.15, 0.2) is 34.8 Å². The van der Waals surface area contributed by atoms with Gasteiger partial charge in [-0.1, -0.05) is 15.9 Å². The van der Waals surface area contributed by atoms with Crippen molar-refractivity contribution in [1.29, 1.82) is 0 Å². The highest BCUT2D eigenvalue weighted by Crippen LogP contribution is 2.26. The van der Waals surface area contributed by atoms with Crippen molar-refractivity contribution in [3.8, 4) is 5.75 Å². The third kappa shape index (κ3) is 3.93. The zero-order chi connectivity index (χ0) is 16.2. The van der Waals surface area contributed by atoms with Gasteiger partial charge in [-0.05, 0) is 44.0 Å². The summed E-state index contributed by atoms with van der Waals surface area (Å²) in [6, 6.07) is 10.3. The van der Waals surface area contributed by atoms with E-state index in [-0.39, 0.29) is 0 Å². The number of halogens is 1. The summed E-state index contributed by atoms with van der Waals surface area (Å²) >= 11 is 3.44. The van der Waals surface area contributed by atoms with Crippen molar-refractivity contribution in [2.75, 3.05) is 30.4 Å². The second-order valence-corrected chi connectivity index (χ2v) is 6.61. The van der Waals surface area contributed by atoms with E-state index in [9.17, 15) is 0 Å². The predicted octanol–water partition coefficient (Wildman–Crippen LogP) is 3.64. The van der Waals surface area contributed by atoms with Gasteiger partial charge in [-0.2, -0.15) is 4.98 Å². The van der Waals surface area contributed by atoms with Crippen molar-refractivity contribution in [3.63, 3.8) is 0 Å². The van der Waals surface area contributed by atoms with Crippen molar-refractivity contribution in [3.05, 3.63) is 40.5 Å². The molecule has 5 nitrogen and oxygen atoms in total. The fourth-order valence-electron chi connectivity index (χ4n) is 2.84. The van der Waals surface area contributed by atoms with Gasteiger partial charge in [0, 0.05) is 29.8 Å². The minimum Gasteiger partial charge on any atom is -0.491 e. The van der Waals surface area contributed by atoms with Gasteiger partial charge < -0.3 is 15.0 Å². The maximum Gasteiger partial charge on any atom is 0.224 e. The molecular weight excluding hydrogens is 356 g/mol. The molecule has 2 aromatic rings. The van der Waals surface area contributed by atoms with E-state index in [0.717, 1.165) is 41.1 Å². The van der Waals surface area contributed by atoms with Crippen LogP contribution < -0.4 is 15.0 Å². The van der Waals surface area contributed by atoms with Crippen LogP contribution in [0.3, 0.4) is 0 Å². The SMILES string of the molecule is CNc1nc(C)cc(N2CCC[C@H]2COc2ccc(Br)cc2)n1. The average molecular weight is 377 g/mol. The average Bonchev–Trinajstić information content (AvgIpc) is 3.02. The highest BCUT2D eigenvalue weighted by atomic mass is 79.9. The zero-order valence-electron chi connectivity index (χ0n) is 13.4. The lowest BCUT2D eigenvalue weighted by Crippen LogP contribution is -2.35. The molecule has 0 unspecified atom stereocenters. The Morgan fingerprint density at radius 2 is 2.09 bits per heavy atom. The highest BCUT2D eigenvalue weighted by Gasteiger charge is 2.27. The van der Waals surface area contributed by atoms with Crippen LogP contribution in [-0.2, 0) is 0 Å². The molecule has 23 heavy (non-hydrogen) atoms. The van der Waals surface area contributed by atoms with Crippen molar-refractivity contribution in [1.82, 2.24) is 9.97 Å². The molecule has 1 fully saturated rings. The van der Waals surface area contributed by atoms with Crippen LogP contribution in [-0.4, -0.2) is 36.2 Å². The molecule has 1 aromatic carbocycles. The Bertz CT molecular complexity index is 662. The summed E-state index contributed by atoms with van der Waals surface area (Å²) in [6.07, 6.45) is 2.28. The third-order valence-electron chi connectivity index (χ3n) is 3.99. The van der Waals surface area contributed by atoms with Crippen LogP contribution in [0.2, 0.25) is 0 Å². The summed E-state index contributed by atoms with van der Waals surface area (Å²) in [4.78, 5) is 11.3. The zero-order valence-corrected chi connectivity index (χ0v) is 15.0. The Morgan fingerprint density at radius 3 is 2.83 bits per heavy atom. The molecule has 1 atom stereocenters. The number of benzene rings is 1. The standard InChI is InChI=1S/C17H21BrN4O/c1-12-10-16(21-17(19-2)20-12)22-9-3-4-14(22)11-23-15-7-5-13(18)6-8-15/h5-8,10,14H,3-4,9,11H2,1-2H3,(H,19,20,21)/t14-/m0/s1. The number of hydrogen-bond acceptors (Lipinski definition) is 5. The van der Waals surface area contributed by atoms with E-state index in [0.29, 0.717) is 18.6 Å². The molecule has 0 radical (unpaired) electrons. The Labute approximate surface area is 145 Å². The van der Waals surface area contributed by atoms with E-state index in [1.54, 1.807) is 0 Å². The lowest BCUT2D eigenvalue weighted by atomic mass is 10.2. The second-order valence-electron chi connectivity index (χ2n) is 5.70. The molecule has 1 aromatic heterocycles. The van der Waals surface area contributed by atoms with Crippen LogP contribution in [0.25, 0.3) is 0 Å². The van der Waals surface area contributed by atoms with E-state index in [2.05, 4.69) is 36.1 Å². The Hall–Kier alpha value is -1.82. The van der Waals surface area contributed by atoms with Crippen molar-refractivity contribution in [2.45, 2.75) is 25.8 Å². The van der Waals surface area contributed by atoms with E-state index in [1.165, 1.54) is 0 Å². The number of aryl methyl sites for hydroxylation is 1. The summed E-state index contributed by atoms with van der Waals surface area (Å²) in [5.41, 5.74) is 0.971. The van der Waals surface area contributed by atoms with E-state index >= 15 is 0 Å². The topological polar surface area (TPSA) is 50.3 Å². The minimum atomic E-state index is 0.345. The summed E-state index contributed by atoms with van der Waals surface area (Å²) in [7, 11) is 1.84. The maximum atomic E-state index is 5.96. The number of rotatable bonds is 5. The van der Waals surface area contributed by atoms with Crippen molar-refractivity contribution < 1.29 is 4.74 Å². The summed E-state index contributed by atoms with van der Waals surface area (Å²) in [6.45, 7) is 3.67. The summed E-state index contributed by atoms with van der Waals surface area (Å²) in [5, 5.41) is 3.03. The molecule has 1 aliphatic rings. The number of aromatic nitrogens is 2. The first-order chi connectivity index (χ1) is 11.2. The quantitative estimate of drug-likeness (QED) is 0.862. The van der Waals surface area contributed by atoms with Gasteiger partial charge in [0.15, 0.2) is 0 Å². The van der Waals surface area contributed by atoms with Crippen LogP contribution in [0.1, 0.15) is 18.5 Å². The largest absolute Gasteiger partial charge is 0.491 e. The van der Waals surface area contributed by atoms with Gasteiger partial charge in [-0.15, -0.1) is 0 Å². The second kappa shape index (κ2) is 7.17. The van der Waals surface area contributed by atoms with Gasteiger partial charge >= 0.3 is 0 Å². The molecule has 0 amide bonds. The van der Waals surface area contributed by atoms with Crippen LogP contribution in [0.4, 0.5) is 11.8 Å². The molecule has 1 saturated heterocycles. The summed E-state index contributed by atoms with van der Waals surface area (Å²) < 4.78 is 7.02. The molecule has 0 aliphatic carbocycles. The van der Waals surface area contributed by atoms with E-state index < -0.39 is 0 Å². The monoisotopic (exact) mass is 376 g/mol. The van der Waals surface area contributed by atoms with Gasteiger partial charge in [-0.25, -0.2) is 4.98 Å². The lowest BCUT2D eigenvalue weighted by Gasteiger charge is -2.26. The molecule has 2 heterocycles. The fraction of sp³-hybridized carbons (Fsp3) is 0.412. The van der Waals surface area contributed by atoms with E-state index in [4.69, 9.17) is 4.74 Å². The molecule has 0 spiro atoms. The first-order valence-corrected chi connectivity index (χ1v) is 8.63. The van der Waals surface area contributed by atoms with Gasteiger partial charge in [0.2, 0.25) is 5.95 Å². The van der Waals surface area contributed by atoms with Gasteiger partial charge in [0.25, 0.3) is 0 Å². The van der Waals surface area contributed by atoms with Gasteiger partial charge in [0.1, 0.15) is 18.2 Å². The lowest BCUT2D eigenvalue weighted by molar-refractivity contribution is 0.288. The normalized spacial score (nSPS) is 17.3. The van der Waals surface area contributed by atoms with Crippen molar-refractivity contribution >= 4 is 27.7 Å². The Kier molecular flexibility index (Phi) is 5.00.